The van der Waals surface area contributed by atoms with Crippen LogP contribution in [-0.4, -0.2) is 19.9 Å². The predicted molar refractivity (Wildman–Crippen MR) is 71.3 cm³/mol. The third-order valence-corrected chi connectivity index (χ3v) is 4.15. The molecule has 5 nitrogen and oxygen atoms in total. The summed E-state index contributed by atoms with van der Waals surface area (Å²) >= 11 is 0. The van der Waals surface area contributed by atoms with Gasteiger partial charge in [0, 0.05) is 19.9 Å². The SMILES string of the molecule is Cc1ccc(S(=O)(=O)NCCc2coc(C)n2)cc1. The van der Waals surface area contributed by atoms with Crippen LogP contribution in [0.15, 0.2) is 39.8 Å². The van der Waals surface area contributed by atoms with Gasteiger partial charge in [0.15, 0.2) is 5.89 Å². The minimum atomic E-state index is -3.45. The first-order valence-electron chi connectivity index (χ1n) is 5.95. The second-order valence-electron chi connectivity index (χ2n) is 4.32. The molecule has 2 rings (SSSR count). The van der Waals surface area contributed by atoms with Crippen molar-refractivity contribution in [3.63, 3.8) is 0 Å². The molecule has 1 aromatic carbocycles. The molecule has 0 radical (unpaired) electrons. The van der Waals surface area contributed by atoms with Gasteiger partial charge in [-0.3, -0.25) is 0 Å². The molecule has 19 heavy (non-hydrogen) atoms. The quantitative estimate of drug-likeness (QED) is 0.906. The minimum absolute atomic E-state index is 0.273. The van der Waals surface area contributed by atoms with Crippen molar-refractivity contribution in [2.24, 2.45) is 0 Å². The molecule has 0 unspecified atom stereocenters. The molecule has 0 aliphatic rings. The lowest BCUT2D eigenvalue weighted by molar-refractivity contribution is 0.520. The second-order valence-corrected chi connectivity index (χ2v) is 6.09. The van der Waals surface area contributed by atoms with E-state index in [2.05, 4.69) is 9.71 Å². The van der Waals surface area contributed by atoms with Gasteiger partial charge in [0.1, 0.15) is 6.26 Å². The number of nitrogens with zero attached hydrogens (tertiary/aromatic N) is 1. The number of oxazole rings is 1. The third-order valence-electron chi connectivity index (χ3n) is 2.67. The van der Waals surface area contributed by atoms with E-state index >= 15 is 0 Å². The van der Waals surface area contributed by atoms with Crippen LogP contribution in [0.5, 0.6) is 0 Å². The molecule has 0 spiro atoms. The lowest BCUT2D eigenvalue weighted by Gasteiger charge is -2.05. The van der Waals surface area contributed by atoms with E-state index in [1.165, 1.54) is 6.26 Å². The molecule has 1 heterocycles. The molecule has 0 fully saturated rings. The van der Waals surface area contributed by atoms with Crippen LogP contribution in [0.4, 0.5) is 0 Å². The van der Waals surface area contributed by atoms with Gasteiger partial charge in [-0.05, 0) is 19.1 Å². The monoisotopic (exact) mass is 280 g/mol. The van der Waals surface area contributed by atoms with Crippen LogP contribution in [0.25, 0.3) is 0 Å². The largest absolute Gasteiger partial charge is 0.449 e. The molecule has 0 amide bonds. The predicted octanol–water partition coefficient (Wildman–Crippen LogP) is 1.81. The first kappa shape index (κ1) is 13.8. The minimum Gasteiger partial charge on any atom is -0.449 e. The van der Waals surface area contributed by atoms with Crippen LogP contribution in [0.3, 0.4) is 0 Å². The van der Waals surface area contributed by atoms with Gasteiger partial charge < -0.3 is 4.42 Å². The van der Waals surface area contributed by atoms with E-state index in [-0.39, 0.29) is 4.90 Å². The van der Waals surface area contributed by atoms with Gasteiger partial charge in [-0.1, -0.05) is 17.7 Å². The summed E-state index contributed by atoms with van der Waals surface area (Å²) in [5.74, 6) is 0.580. The van der Waals surface area contributed by atoms with Gasteiger partial charge >= 0.3 is 0 Å². The average molecular weight is 280 g/mol. The summed E-state index contributed by atoms with van der Waals surface area (Å²) in [5, 5.41) is 0. The van der Waals surface area contributed by atoms with Crippen molar-refractivity contribution >= 4 is 10.0 Å². The lowest BCUT2D eigenvalue weighted by atomic mass is 10.2. The number of benzene rings is 1. The van der Waals surface area contributed by atoms with Gasteiger partial charge in [0.05, 0.1) is 10.6 Å². The number of hydrogen-bond donors (Lipinski definition) is 1. The molecule has 0 aliphatic heterocycles. The molecule has 102 valence electrons. The summed E-state index contributed by atoms with van der Waals surface area (Å²) in [6, 6.07) is 6.74. The molecule has 1 N–H and O–H groups in total. The molecule has 2 aromatic rings. The van der Waals surface area contributed by atoms with Crippen molar-refractivity contribution in [3.05, 3.63) is 47.7 Å². The average Bonchev–Trinajstić information content (AvgIpc) is 2.75. The second kappa shape index (κ2) is 5.54. The van der Waals surface area contributed by atoms with E-state index in [0.717, 1.165) is 11.3 Å². The Morgan fingerprint density at radius 3 is 2.47 bits per heavy atom. The van der Waals surface area contributed by atoms with Gasteiger partial charge in [0.25, 0.3) is 0 Å². The van der Waals surface area contributed by atoms with Gasteiger partial charge in [-0.25, -0.2) is 18.1 Å². The normalized spacial score (nSPS) is 11.7. The van der Waals surface area contributed by atoms with Crippen LogP contribution in [0.1, 0.15) is 17.1 Å². The van der Waals surface area contributed by atoms with Gasteiger partial charge in [0.2, 0.25) is 10.0 Å². The van der Waals surface area contributed by atoms with Crippen molar-refractivity contribution in [3.8, 4) is 0 Å². The maximum absolute atomic E-state index is 12.0. The Morgan fingerprint density at radius 2 is 1.89 bits per heavy atom. The molecular formula is C13H16N2O3S. The van der Waals surface area contributed by atoms with Crippen molar-refractivity contribution in [1.29, 1.82) is 0 Å². The fourth-order valence-electron chi connectivity index (χ4n) is 1.64. The van der Waals surface area contributed by atoms with E-state index in [4.69, 9.17) is 4.42 Å². The Kier molecular flexibility index (Phi) is 4.01. The van der Waals surface area contributed by atoms with Gasteiger partial charge in [-0.15, -0.1) is 0 Å². The summed E-state index contributed by atoms with van der Waals surface area (Å²) in [6.45, 7) is 3.96. The number of hydrogen-bond acceptors (Lipinski definition) is 4. The van der Waals surface area contributed by atoms with Crippen LogP contribution in [0.2, 0.25) is 0 Å². The summed E-state index contributed by atoms with van der Waals surface area (Å²) < 4.78 is 31.6. The molecule has 0 saturated heterocycles. The van der Waals surface area contributed by atoms with Crippen molar-refractivity contribution in [1.82, 2.24) is 9.71 Å². The Bertz CT molecular complexity index is 645. The van der Waals surface area contributed by atoms with E-state index in [9.17, 15) is 8.42 Å². The number of sulfonamides is 1. The van der Waals surface area contributed by atoms with Crippen molar-refractivity contribution < 1.29 is 12.8 Å². The summed E-state index contributed by atoms with van der Waals surface area (Å²) in [4.78, 5) is 4.39. The van der Waals surface area contributed by atoms with E-state index < -0.39 is 10.0 Å². The fraction of sp³-hybridized carbons (Fsp3) is 0.308. The maximum atomic E-state index is 12.0. The highest BCUT2D eigenvalue weighted by atomic mass is 32.2. The van der Waals surface area contributed by atoms with E-state index in [1.54, 1.807) is 31.2 Å². The standard InChI is InChI=1S/C13H16N2O3S/c1-10-3-5-13(6-4-10)19(16,17)14-8-7-12-9-18-11(2)15-12/h3-6,9,14H,7-8H2,1-2H3. The maximum Gasteiger partial charge on any atom is 0.240 e. The summed E-state index contributed by atoms with van der Waals surface area (Å²) in [6.07, 6.45) is 2.04. The Labute approximate surface area is 112 Å². The summed E-state index contributed by atoms with van der Waals surface area (Å²) in [5.41, 5.74) is 1.76. The zero-order valence-electron chi connectivity index (χ0n) is 10.9. The summed E-state index contributed by atoms with van der Waals surface area (Å²) in [7, 11) is -3.45. The highest BCUT2D eigenvalue weighted by Crippen LogP contribution is 2.10. The number of rotatable bonds is 5. The van der Waals surface area contributed by atoms with Crippen LogP contribution in [0, 0.1) is 13.8 Å². The molecule has 0 aliphatic carbocycles. The Morgan fingerprint density at radius 1 is 1.21 bits per heavy atom. The molecular weight excluding hydrogens is 264 g/mol. The lowest BCUT2D eigenvalue weighted by Crippen LogP contribution is -2.26. The first-order chi connectivity index (χ1) is 8.97. The topological polar surface area (TPSA) is 72.2 Å². The third kappa shape index (κ3) is 3.65. The zero-order chi connectivity index (χ0) is 13.9. The smallest absolute Gasteiger partial charge is 0.240 e. The van der Waals surface area contributed by atoms with Crippen LogP contribution in [-0.2, 0) is 16.4 Å². The highest BCUT2D eigenvalue weighted by Gasteiger charge is 2.13. The van der Waals surface area contributed by atoms with E-state index in [0.29, 0.717) is 18.9 Å². The Balaban J connectivity index is 1.96. The molecule has 0 bridgehead atoms. The molecule has 6 heteroatoms. The molecule has 0 saturated carbocycles. The van der Waals surface area contributed by atoms with E-state index in [1.807, 2.05) is 6.92 Å². The zero-order valence-corrected chi connectivity index (χ0v) is 11.7. The number of aryl methyl sites for hydroxylation is 2. The number of nitrogens with one attached hydrogen (secondary N) is 1. The van der Waals surface area contributed by atoms with Crippen LogP contribution >= 0.6 is 0 Å². The van der Waals surface area contributed by atoms with Crippen molar-refractivity contribution in [2.45, 2.75) is 25.2 Å². The Hall–Kier alpha value is -1.66. The number of aromatic nitrogens is 1. The van der Waals surface area contributed by atoms with Gasteiger partial charge in [-0.2, -0.15) is 0 Å². The van der Waals surface area contributed by atoms with Crippen LogP contribution < -0.4 is 4.72 Å². The molecule has 1 aromatic heterocycles. The highest BCUT2D eigenvalue weighted by molar-refractivity contribution is 7.89. The fourth-order valence-corrected chi connectivity index (χ4v) is 2.67. The first-order valence-corrected chi connectivity index (χ1v) is 7.43. The van der Waals surface area contributed by atoms with Crippen molar-refractivity contribution in [2.75, 3.05) is 6.54 Å². The molecule has 0 atom stereocenters.